The van der Waals surface area contributed by atoms with Crippen molar-refractivity contribution in [3.8, 4) is 0 Å². The standard InChI is InChI=1S/C11H18N2O2S2.ClH/c1-8-7-12-4-5-13(8)17(14,15)11-6-9(2)16-10(11)3;/h6,8,12H,4-5,7H2,1-3H3;1H/t8-;/m0./s1. The minimum Gasteiger partial charge on any atom is -0.314 e. The number of nitrogens with zero attached hydrogens (tertiary/aromatic N) is 1. The maximum absolute atomic E-state index is 12.5. The Kier molecular flexibility index (Phi) is 5.20. The van der Waals surface area contributed by atoms with Crippen LogP contribution in [0.2, 0.25) is 0 Å². The van der Waals surface area contributed by atoms with Crippen LogP contribution >= 0.6 is 23.7 Å². The number of thiophene rings is 1. The molecule has 1 N–H and O–H groups in total. The average molecular weight is 311 g/mol. The molecule has 0 spiro atoms. The first-order valence-electron chi connectivity index (χ1n) is 5.72. The molecule has 7 heteroatoms. The minimum absolute atomic E-state index is 0. The molecule has 0 amide bonds. The van der Waals surface area contributed by atoms with Gasteiger partial charge >= 0.3 is 0 Å². The number of piperazine rings is 1. The van der Waals surface area contributed by atoms with Gasteiger partial charge in [0.25, 0.3) is 0 Å². The molecular weight excluding hydrogens is 292 g/mol. The SMILES string of the molecule is Cc1cc(S(=O)(=O)N2CCNC[C@@H]2C)c(C)s1.Cl. The van der Waals surface area contributed by atoms with Crippen LogP contribution in [0, 0.1) is 13.8 Å². The first-order chi connectivity index (χ1) is 7.93. The van der Waals surface area contributed by atoms with E-state index >= 15 is 0 Å². The van der Waals surface area contributed by atoms with Crippen molar-refractivity contribution >= 4 is 33.8 Å². The number of aryl methyl sites for hydroxylation is 2. The Balaban J connectivity index is 0.00000162. The van der Waals surface area contributed by atoms with Crippen LogP contribution in [0.25, 0.3) is 0 Å². The molecule has 18 heavy (non-hydrogen) atoms. The second-order valence-corrected chi connectivity index (χ2v) is 7.77. The van der Waals surface area contributed by atoms with Crippen LogP contribution in [0.15, 0.2) is 11.0 Å². The van der Waals surface area contributed by atoms with Crippen LogP contribution in [-0.4, -0.2) is 38.4 Å². The largest absolute Gasteiger partial charge is 0.314 e. The van der Waals surface area contributed by atoms with Crippen molar-refractivity contribution < 1.29 is 8.42 Å². The summed E-state index contributed by atoms with van der Waals surface area (Å²) >= 11 is 1.54. The highest BCUT2D eigenvalue weighted by Gasteiger charge is 2.32. The molecule has 1 aromatic heterocycles. The Labute approximate surface area is 119 Å². The molecule has 1 fully saturated rings. The van der Waals surface area contributed by atoms with E-state index in [4.69, 9.17) is 0 Å². The zero-order valence-corrected chi connectivity index (χ0v) is 13.2. The van der Waals surface area contributed by atoms with E-state index in [1.165, 1.54) is 11.3 Å². The third kappa shape index (κ3) is 2.88. The fourth-order valence-corrected chi connectivity index (χ4v) is 5.33. The van der Waals surface area contributed by atoms with E-state index < -0.39 is 10.0 Å². The molecule has 1 aliphatic heterocycles. The summed E-state index contributed by atoms with van der Waals surface area (Å²) in [5.74, 6) is 0. The smallest absolute Gasteiger partial charge is 0.244 e. The molecule has 0 aliphatic carbocycles. The van der Waals surface area contributed by atoms with E-state index in [1.54, 1.807) is 10.4 Å². The topological polar surface area (TPSA) is 49.4 Å². The van der Waals surface area contributed by atoms with Gasteiger partial charge in [0, 0.05) is 35.4 Å². The van der Waals surface area contributed by atoms with Crippen LogP contribution in [0.1, 0.15) is 16.7 Å². The molecule has 1 aromatic rings. The Morgan fingerprint density at radius 2 is 2.11 bits per heavy atom. The third-order valence-electron chi connectivity index (χ3n) is 3.02. The van der Waals surface area contributed by atoms with Crippen molar-refractivity contribution in [2.75, 3.05) is 19.6 Å². The highest BCUT2D eigenvalue weighted by molar-refractivity contribution is 7.89. The van der Waals surface area contributed by atoms with Crippen molar-refractivity contribution in [3.05, 3.63) is 15.8 Å². The summed E-state index contributed by atoms with van der Waals surface area (Å²) in [5, 5.41) is 3.20. The summed E-state index contributed by atoms with van der Waals surface area (Å²) in [4.78, 5) is 2.41. The van der Waals surface area contributed by atoms with Crippen molar-refractivity contribution in [2.45, 2.75) is 31.7 Å². The van der Waals surface area contributed by atoms with Crippen LogP contribution in [0.4, 0.5) is 0 Å². The molecule has 2 rings (SSSR count). The minimum atomic E-state index is -3.32. The van der Waals surface area contributed by atoms with E-state index in [0.29, 0.717) is 11.4 Å². The zero-order chi connectivity index (χ0) is 12.6. The van der Waals surface area contributed by atoms with Gasteiger partial charge in [-0.1, -0.05) is 0 Å². The van der Waals surface area contributed by atoms with Crippen molar-refractivity contribution in [3.63, 3.8) is 0 Å². The summed E-state index contributed by atoms with van der Waals surface area (Å²) in [6.45, 7) is 7.76. The molecule has 0 saturated carbocycles. The fraction of sp³-hybridized carbons (Fsp3) is 0.636. The van der Waals surface area contributed by atoms with Gasteiger partial charge in [0.15, 0.2) is 0 Å². The maximum atomic E-state index is 12.5. The van der Waals surface area contributed by atoms with E-state index in [-0.39, 0.29) is 18.4 Å². The van der Waals surface area contributed by atoms with Crippen LogP contribution in [-0.2, 0) is 10.0 Å². The number of rotatable bonds is 2. The maximum Gasteiger partial charge on any atom is 0.244 e. The van der Waals surface area contributed by atoms with Crippen LogP contribution < -0.4 is 5.32 Å². The Morgan fingerprint density at radius 1 is 1.44 bits per heavy atom. The van der Waals surface area contributed by atoms with Crippen molar-refractivity contribution in [2.24, 2.45) is 0 Å². The lowest BCUT2D eigenvalue weighted by atomic mass is 10.3. The Hall–Kier alpha value is -0.140. The number of hydrogen-bond donors (Lipinski definition) is 1. The molecule has 0 unspecified atom stereocenters. The first kappa shape index (κ1) is 15.9. The van der Waals surface area contributed by atoms with Gasteiger partial charge in [0.2, 0.25) is 10.0 Å². The predicted octanol–water partition coefficient (Wildman–Crippen LogP) is 1.77. The Morgan fingerprint density at radius 3 is 2.61 bits per heavy atom. The summed E-state index contributed by atoms with van der Waals surface area (Å²) < 4.78 is 26.7. The molecular formula is C11H19ClN2O2S2. The summed E-state index contributed by atoms with van der Waals surface area (Å²) in [6.07, 6.45) is 0. The highest BCUT2D eigenvalue weighted by atomic mass is 35.5. The lowest BCUT2D eigenvalue weighted by Crippen LogP contribution is -2.52. The molecule has 4 nitrogen and oxygen atoms in total. The third-order valence-corrected chi connectivity index (χ3v) is 6.26. The average Bonchev–Trinajstić information content (AvgIpc) is 2.59. The van der Waals surface area contributed by atoms with Crippen molar-refractivity contribution in [1.82, 2.24) is 9.62 Å². The van der Waals surface area contributed by atoms with Crippen LogP contribution in [0.3, 0.4) is 0 Å². The molecule has 0 bridgehead atoms. The molecule has 1 saturated heterocycles. The lowest BCUT2D eigenvalue weighted by molar-refractivity contribution is 0.284. The summed E-state index contributed by atoms with van der Waals surface area (Å²) in [5.41, 5.74) is 0. The first-order valence-corrected chi connectivity index (χ1v) is 7.98. The van der Waals surface area contributed by atoms with Crippen LogP contribution in [0.5, 0.6) is 0 Å². The number of nitrogens with one attached hydrogen (secondary N) is 1. The lowest BCUT2D eigenvalue weighted by Gasteiger charge is -2.32. The quantitative estimate of drug-likeness (QED) is 0.905. The second-order valence-electron chi connectivity index (χ2n) is 4.45. The van der Waals surface area contributed by atoms with E-state index in [0.717, 1.165) is 22.8 Å². The number of sulfonamides is 1. The molecule has 0 radical (unpaired) electrons. The van der Waals surface area contributed by atoms with Gasteiger partial charge in [-0.25, -0.2) is 8.42 Å². The summed E-state index contributed by atoms with van der Waals surface area (Å²) in [6, 6.07) is 1.80. The number of hydrogen-bond acceptors (Lipinski definition) is 4. The van der Waals surface area contributed by atoms with Gasteiger partial charge in [-0.3, -0.25) is 0 Å². The fourth-order valence-electron chi connectivity index (χ4n) is 2.17. The summed E-state index contributed by atoms with van der Waals surface area (Å²) in [7, 11) is -3.32. The number of halogens is 1. The van der Waals surface area contributed by atoms with Gasteiger partial charge in [-0.15, -0.1) is 23.7 Å². The normalized spacial score (nSPS) is 21.6. The van der Waals surface area contributed by atoms with Gasteiger partial charge in [-0.05, 0) is 26.8 Å². The molecule has 104 valence electrons. The van der Waals surface area contributed by atoms with Gasteiger partial charge < -0.3 is 5.32 Å². The molecule has 0 aromatic carbocycles. The van der Waals surface area contributed by atoms with Gasteiger partial charge in [0.05, 0.1) is 4.90 Å². The predicted molar refractivity (Wildman–Crippen MR) is 77.3 cm³/mol. The molecule has 2 heterocycles. The van der Waals surface area contributed by atoms with E-state index in [2.05, 4.69) is 5.32 Å². The zero-order valence-electron chi connectivity index (χ0n) is 10.8. The van der Waals surface area contributed by atoms with E-state index in [1.807, 2.05) is 20.8 Å². The molecule has 1 atom stereocenters. The molecule has 1 aliphatic rings. The second kappa shape index (κ2) is 5.88. The Bertz CT molecular complexity index is 513. The van der Waals surface area contributed by atoms with Gasteiger partial charge in [0.1, 0.15) is 0 Å². The van der Waals surface area contributed by atoms with Crippen molar-refractivity contribution in [1.29, 1.82) is 0 Å². The highest BCUT2D eigenvalue weighted by Crippen LogP contribution is 2.28. The van der Waals surface area contributed by atoms with E-state index in [9.17, 15) is 8.42 Å². The monoisotopic (exact) mass is 310 g/mol. The van der Waals surface area contributed by atoms with Gasteiger partial charge in [-0.2, -0.15) is 4.31 Å².